The Morgan fingerprint density at radius 2 is 2.00 bits per heavy atom. The Balaban J connectivity index is 2.41. The van der Waals surface area contributed by atoms with E-state index in [0.717, 1.165) is 25.7 Å². The number of hydrogen-bond donors (Lipinski definition) is 1. The Morgan fingerprint density at radius 3 is 2.47 bits per heavy atom. The summed E-state index contributed by atoms with van der Waals surface area (Å²) in [4.78, 5) is 11.8. The molecule has 1 rings (SSSR count). The fourth-order valence-electron chi connectivity index (χ4n) is 2.06. The molecule has 0 aromatic carbocycles. The smallest absolute Gasteiger partial charge is 0.224 e. The molecule has 15 heavy (non-hydrogen) atoms. The quantitative estimate of drug-likeness (QED) is 0.724. The summed E-state index contributed by atoms with van der Waals surface area (Å²) in [7, 11) is 0. The van der Waals surface area contributed by atoms with E-state index in [1.807, 2.05) is 6.92 Å². The molecule has 0 spiro atoms. The number of carbonyl (C=O) groups is 1. The van der Waals surface area contributed by atoms with E-state index < -0.39 is 0 Å². The number of nitriles is 1. The van der Waals surface area contributed by atoms with Gasteiger partial charge >= 0.3 is 0 Å². The average molecular weight is 208 g/mol. The molecule has 1 aliphatic carbocycles. The summed E-state index contributed by atoms with van der Waals surface area (Å²) in [6, 6.07) is 1.80. The summed E-state index contributed by atoms with van der Waals surface area (Å²) in [6.07, 6.45) is 7.48. The molecule has 3 heteroatoms. The van der Waals surface area contributed by atoms with Crippen LogP contribution in [0.5, 0.6) is 0 Å². The molecule has 1 aliphatic rings. The van der Waals surface area contributed by atoms with Crippen LogP contribution in [-0.4, -0.2) is 11.9 Å². The van der Waals surface area contributed by atoms with E-state index >= 15 is 0 Å². The van der Waals surface area contributed by atoms with Crippen molar-refractivity contribution in [2.45, 2.75) is 57.9 Å². The highest BCUT2D eigenvalue weighted by Crippen LogP contribution is 2.22. The summed E-state index contributed by atoms with van der Waals surface area (Å²) in [5.74, 6) is 0.236. The summed E-state index contributed by atoms with van der Waals surface area (Å²) in [5, 5.41) is 11.6. The third kappa shape index (κ3) is 3.91. The van der Waals surface area contributed by atoms with E-state index in [4.69, 9.17) is 5.26 Å². The van der Waals surface area contributed by atoms with E-state index in [9.17, 15) is 4.79 Å². The van der Waals surface area contributed by atoms with E-state index in [2.05, 4.69) is 11.4 Å². The summed E-state index contributed by atoms with van der Waals surface area (Å²) < 4.78 is 0. The molecule has 1 saturated carbocycles. The highest BCUT2D eigenvalue weighted by molar-refractivity contribution is 5.79. The fraction of sp³-hybridized carbons (Fsp3) is 0.833. The molecule has 0 bridgehead atoms. The van der Waals surface area contributed by atoms with Gasteiger partial charge in [-0.3, -0.25) is 4.79 Å². The lowest BCUT2D eigenvalue weighted by atomic mass is 9.99. The minimum atomic E-state index is -0.305. The SMILES string of the molecule is CCC(C#N)NC(=O)C1CCCCCC1. The maximum absolute atomic E-state index is 11.8. The maximum Gasteiger partial charge on any atom is 0.224 e. The molecule has 0 aromatic heterocycles. The Kier molecular flexibility index (Phi) is 5.17. The van der Waals surface area contributed by atoms with Crippen LogP contribution in [0.25, 0.3) is 0 Å². The number of carbonyl (C=O) groups excluding carboxylic acids is 1. The van der Waals surface area contributed by atoms with Crippen LogP contribution < -0.4 is 5.32 Å². The first kappa shape index (κ1) is 12.0. The average Bonchev–Trinajstić information content (AvgIpc) is 2.54. The fourth-order valence-corrected chi connectivity index (χ4v) is 2.06. The van der Waals surface area contributed by atoms with Gasteiger partial charge in [0.1, 0.15) is 6.04 Å². The summed E-state index contributed by atoms with van der Waals surface area (Å²) in [5.41, 5.74) is 0. The lowest BCUT2D eigenvalue weighted by molar-refractivity contribution is -0.125. The molecule has 0 saturated heterocycles. The summed E-state index contributed by atoms with van der Waals surface area (Å²) >= 11 is 0. The van der Waals surface area contributed by atoms with Gasteiger partial charge in [-0.15, -0.1) is 0 Å². The standard InChI is InChI=1S/C12H20N2O/c1-2-11(9-13)14-12(15)10-7-5-3-4-6-8-10/h10-11H,2-8H2,1H3,(H,14,15). The molecule has 1 fully saturated rings. The van der Waals surface area contributed by atoms with Crippen molar-refractivity contribution in [1.82, 2.24) is 5.32 Å². The molecule has 0 heterocycles. The third-order valence-electron chi connectivity index (χ3n) is 3.11. The van der Waals surface area contributed by atoms with Crippen molar-refractivity contribution in [1.29, 1.82) is 5.26 Å². The topological polar surface area (TPSA) is 52.9 Å². The van der Waals surface area contributed by atoms with Crippen LogP contribution in [0.1, 0.15) is 51.9 Å². The largest absolute Gasteiger partial charge is 0.340 e. The Hall–Kier alpha value is -1.04. The van der Waals surface area contributed by atoms with E-state index in [-0.39, 0.29) is 17.9 Å². The molecule has 0 aliphatic heterocycles. The van der Waals surface area contributed by atoms with Gasteiger partial charge in [-0.25, -0.2) is 0 Å². The van der Waals surface area contributed by atoms with Crippen LogP contribution >= 0.6 is 0 Å². The molecule has 3 nitrogen and oxygen atoms in total. The van der Waals surface area contributed by atoms with Gasteiger partial charge in [0.2, 0.25) is 5.91 Å². The molecule has 1 atom stereocenters. The van der Waals surface area contributed by atoms with Gasteiger partial charge in [0.25, 0.3) is 0 Å². The van der Waals surface area contributed by atoms with E-state index in [0.29, 0.717) is 6.42 Å². The van der Waals surface area contributed by atoms with Crippen molar-refractivity contribution >= 4 is 5.91 Å². The molecular weight excluding hydrogens is 188 g/mol. The number of amides is 1. The number of nitrogens with one attached hydrogen (secondary N) is 1. The minimum absolute atomic E-state index is 0.0882. The van der Waals surface area contributed by atoms with Gasteiger partial charge < -0.3 is 5.32 Å². The second-order valence-corrected chi connectivity index (χ2v) is 4.29. The Morgan fingerprint density at radius 1 is 1.40 bits per heavy atom. The lowest BCUT2D eigenvalue weighted by Crippen LogP contribution is -2.37. The van der Waals surface area contributed by atoms with Gasteiger partial charge in [-0.05, 0) is 19.3 Å². The zero-order chi connectivity index (χ0) is 11.1. The van der Waals surface area contributed by atoms with Crippen molar-refractivity contribution in [2.75, 3.05) is 0 Å². The van der Waals surface area contributed by atoms with Crippen LogP contribution in [-0.2, 0) is 4.79 Å². The Bertz CT molecular complexity index is 236. The normalized spacial score (nSPS) is 20.0. The zero-order valence-corrected chi connectivity index (χ0v) is 9.46. The molecule has 0 radical (unpaired) electrons. The highest BCUT2D eigenvalue weighted by Gasteiger charge is 2.21. The predicted octanol–water partition coefficient (Wildman–Crippen LogP) is 2.38. The molecule has 1 N–H and O–H groups in total. The van der Waals surface area contributed by atoms with Crippen molar-refractivity contribution < 1.29 is 4.79 Å². The van der Waals surface area contributed by atoms with Crippen molar-refractivity contribution in [3.8, 4) is 6.07 Å². The van der Waals surface area contributed by atoms with Crippen molar-refractivity contribution in [3.05, 3.63) is 0 Å². The first-order chi connectivity index (χ1) is 7.27. The van der Waals surface area contributed by atoms with Gasteiger partial charge in [0.05, 0.1) is 6.07 Å². The van der Waals surface area contributed by atoms with Gasteiger partial charge in [0.15, 0.2) is 0 Å². The molecule has 1 amide bonds. The Labute approximate surface area is 91.9 Å². The molecule has 0 aromatic rings. The minimum Gasteiger partial charge on any atom is -0.340 e. The van der Waals surface area contributed by atoms with E-state index in [1.54, 1.807) is 0 Å². The lowest BCUT2D eigenvalue weighted by Gasteiger charge is -2.16. The number of nitrogens with zero attached hydrogens (tertiary/aromatic N) is 1. The molecular formula is C12H20N2O. The van der Waals surface area contributed by atoms with Crippen LogP contribution in [0.4, 0.5) is 0 Å². The van der Waals surface area contributed by atoms with Gasteiger partial charge in [-0.1, -0.05) is 32.6 Å². The number of rotatable bonds is 3. The van der Waals surface area contributed by atoms with Gasteiger partial charge in [0, 0.05) is 5.92 Å². The van der Waals surface area contributed by atoms with E-state index in [1.165, 1.54) is 12.8 Å². The first-order valence-corrected chi connectivity index (χ1v) is 5.98. The summed E-state index contributed by atoms with van der Waals surface area (Å²) in [6.45, 7) is 1.92. The third-order valence-corrected chi connectivity index (χ3v) is 3.11. The zero-order valence-electron chi connectivity index (χ0n) is 9.46. The second-order valence-electron chi connectivity index (χ2n) is 4.29. The van der Waals surface area contributed by atoms with Crippen LogP contribution in [0.3, 0.4) is 0 Å². The second kappa shape index (κ2) is 6.44. The van der Waals surface area contributed by atoms with Crippen molar-refractivity contribution in [2.24, 2.45) is 5.92 Å². The molecule has 84 valence electrons. The molecule has 1 unspecified atom stereocenters. The first-order valence-electron chi connectivity index (χ1n) is 5.98. The highest BCUT2D eigenvalue weighted by atomic mass is 16.1. The maximum atomic E-state index is 11.8. The predicted molar refractivity (Wildman–Crippen MR) is 59.0 cm³/mol. The van der Waals surface area contributed by atoms with Crippen LogP contribution in [0.15, 0.2) is 0 Å². The number of hydrogen-bond acceptors (Lipinski definition) is 2. The van der Waals surface area contributed by atoms with Crippen LogP contribution in [0.2, 0.25) is 0 Å². The monoisotopic (exact) mass is 208 g/mol. The van der Waals surface area contributed by atoms with Gasteiger partial charge in [-0.2, -0.15) is 5.26 Å². The van der Waals surface area contributed by atoms with Crippen LogP contribution in [0, 0.1) is 17.2 Å². The van der Waals surface area contributed by atoms with Crippen molar-refractivity contribution in [3.63, 3.8) is 0 Å².